The van der Waals surface area contributed by atoms with E-state index in [0.29, 0.717) is 44.9 Å². The van der Waals surface area contributed by atoms with Gasteiger partial charge < -0.3 is 23.7 Å². The second kappa shape index (κ2) is 14.7. The summed E-state index contributed by atoms with van der Waals surface area (Å²) in [6.07, 6.45) is -0.638. The Hall–Kier alpha value is -5.42. The van der Waals surface area contributed by atoms with Gasteiger partial charge in [-0.25, -0.2) is 9.59 Å². The number of benzene rings is 2. The number of carbonyl (C=O) groups is 3. The zero-order chi connectivity index (χ0) is 40.9. The summed E-state index contributed by atoms with van der Waals surface area (Å²) in [5, 5.41) is 19.4. The van der Waals surface area contributed by atoms with Gasteiger partial charge in [0.1, 0.15) is 23.1 Å². The van der Waals surface area contributed by atoms with Gasteiger partial charge in [0.25, 0.3) is 5.91 Å². The summed E-state index contributed by atoms with van der Waals surface area (Å²) in [5.74, 6) is -0.557. The fourth-order valence-electron chi connectivity index (χ4n) is 6.43. The molecule has 0 aliphatic carbocycles. The van der Waals surface area contributed by atoms with Gasteiger partial charge in [-0.05, 0) is 119 Å². The van der Waals surface area contributed by atoms with Crippen molar-refractivity contribution in [1.82, 2.24) is 14.0 Å². The molecule has 14 heteroatoms. The summed E-state index contributed by atoms with van der Waals surface area (Å²) in [7, 11) is -0.455. The predicted molar refractivity (Wildman–Crippen MR) is 209 cm³/mol. The topological polar surface area (TPSA) is 130 Å². The van der Waals surface area contributed by atoms with Crippen molar-refractivity contribution in [3.8, 4) is 23.1 Å². The van der Waals surface area contributed by atoms with E-state index in [9.17, 15) is 33.5 Å². The van der Waals surface area contributed by atoms with E-state index in [0.717, 1.165) is 5.56 Å². The molecule has 4 aromatic rings. The van der Waals surface area contributed by atoms with Crippen LogP contribution in [0.3, 0.4) is 0 Å². The molecule has 0 saturated heterocycles. The van der Waals surface area contributed by atoms with Crippen LogP contribution >= 0.6 is 0 Å². The van der Waals surface area contributed by atoms with Gasteiger partial charge in [-0.2, -0.15) is 14.0 Å². The van der Waals surface area contributed by atoms with Gasteiger partial charge in [0.05, 0.1) is 16.8 Å². The molecule has 1 N–H and O–H groups in total. The van der Waals surface area contributed by atoms with Gasteiger partial charge in [0.15, 0.2) is 0 Å². The van der Waals surface area contributed by atoms with Crippen molar-refractivity contribution in [2.24, 2.45) is 7.05 Å². The fourth-order valence-corrected chi connectivity index (χ4v) is 7.46. The molecule has 2 aromatic carbocycles. The summed E-state index contributed by atoms with van der Waals surface area (Å²) in [4.78, 5) is 43.1. The fraction of sp³-hybridized carbons (Fsp3) is 0.415. The highest BCUT2D eigenvalue weighted by Crippen LogP contribution is 2.41. The summed E-state index contributed by atoms with van der Waals surface area (Å²) < 4.78 is 43.2. The largest absolute Gasteiger partial charge is 0.544 e. The first-order chi connectivity index (χ1) is 25.5. The van der Waals surface area contributed by atoms with Gasteiger partial charge >= 0.3 is 18.6 Å². The van der Waals surface area contributed by atoms with Gasteiger partial charge in [-0.1, -0.05) is 20.8 Å². The number of amides is 2. The lowest BCUT2D eigenvalue weighted by atomic mass is 9.92. The predicted octanol–water partition coefficient (Wildman–Crippen LogP) is 9.73. The van der Waals surface area contributed by atoms with E-state index in [-0.39, 0.29) is 46.3 Å². The van der Waals surface area contributed by atoms with Crippen LogP contribution in [0.5, 0.6) is 5.75 Å². The molecule has 55 heavy (non-hydrogen) atoms. The van der Waals surface area contributed by atoms with Crippen molar-refractivity contribution >= 4 is 37.7 Å². The first-order valence-corrected chi connectivity index (χ1v) is 20.9. The van der Waals surface area contributed by atoms with Crippen LogP contribution in [0, 0.1) is 25.2 Å². The number of alkyl halides is 2. The van der Waals surface area contributed by atoms with Crippen molar-refractivity contribution in [3.05, 3.63) is 87.9 Å². The average Bonchev–Trinajstić information content (AvgIpc) is 3.57. The van der Waals surface area contributed by atoms with E-state index in [1.54, 1.807) is 75.7 Å². The number of aromatic nitrogens is 2. The Kier molecular flexibility index (Phi) is 10.9. The molecule has 3 heterocycles. The molecule has 0 radical (unpaired) electrons. The molecule has 2 amide bonds. The van der Waals surface area contributed by atoms with Crippen LogP contribution in [0.2, 0.25) is 18.1 Å². The summed E-state index contributed by atoms with van der Waals surface area (Å²) in [6, 6.07) is 15.2. The molecule has 0 saturated carbocycles. The standard InChI is InChI=1S/C41H49F2N5O6Si/c1-24-31(21-35(45(24)9)32-18-26-16-17-46(39(51)52)23-27(26)19-33(32)37(50)53-40(3,4)5)36(49)48(34-20-29(22-44)47(25(34)2)38(42)43)28-12-14-30(15-13-28)54-55(10,11)41(6,7)8/h12-15,18-21,38H,16-17,23H2,1-11H3,(H,51,52). The SMILES string of the molecule is Cc1c(C(=O)N(c2ccc(O[Si](C)(C)C(C)(C)C)cc2)c2cc(C#N)n(C(F)F)c2C)cc(-c2cc3c(cc2C(=O)OC(C)(C)C)CN(C(=O)O)CC3)n1C. The van der Waals surface area contributed by atoms with Gasteiger partial charge in [0.2, 0.25) is 8.32 Å². The number of rotatable bonds is 8. The molecule has 0 fully saturated rings. The van der Waals surface area contributed by atoms with E-state index in [1.807, 2.05) is 12.1 Å². The highest BCUT2D eigenvalue weighted by molar-refractivity contribution is 6.74. The molecule has 1 aliphatic heterocycles. The van der Waals surface area contributed by atoms with Crippen molar-refractivity contribution in [2.45, 2.75) is 98.6 Å². The van der Waals surface area contributed by atoms with E-state index in [1.165, 1.54) is 22.8 Å². The van der Waals surface area contributed by atoms with Crippen LogP contribution in [0.25, 0.3) is 11.3 Å². The third-order valence-corrected chi connectivity index (χ3v) is 14.9. The van der Waals surface area contributed by atoms with Crippen LogP contribution < -0.4 is 9.33 Å². The normalized spacial score (nSPS) is 13.4. The molecule has 11 nitrogen and oxygen atoms in total. The first-order valence-electron chi connectivity index (χ1n) is 18.0. The maximum absolute atomic E-state index is 14.9. The van der Waals surface area contributed by atoms with E-state index >= 15 is 0 Å². The first kappa shape index (κ1) is 40.8. The van der Waals surface area contributed by atoms with Crippen LogP contribution in [-0.2, 0) is 24.8 Å². The molecule has 292 valence electrons. The van der Waals surface area contributed by atoms with Crippen molar-refractivity contribution in [3.63, 3.8) is 0 Å². The highest BCUT2D eigenvalue weighted by atomic mass is 28.4. The number of halogens is 2. The number of nitriles is 1. The van der Waals surface area contributed by atoms with Crippen molar-refractivity contribution in [2.75, 3.05) is 11.4 Å². The number of carbonyl (C=O) groups excluding carboxylic acids is 2. The zero-order valence-electron chi connectivity index (χ0n) is 33.3. The Labute approximate surface area is 321 Å². The number of hydrogen-bond acceptors (Lipinski definition) is 6. The van der Waals surface area contributed by atoms with Crippen molar-refractivity contribution < 1.29 is 37.4 Å². The van der Waals surface area contributed by atoms with Crippen LogP contribution in [0.1, 0.15) is 97.0 Å². The highest BCUT2D eigenvalue weighted by Gasteiger charge is 2.39. The van der Waals surface area contributed by atoms with E-state index < -0.39 is 38.4 Å². The summed E-state index contributed by atoms with van der Waals surface area (Å²) in [5.41, 5.74) is 2.87. The lowest BCUT2D eigenvalue weighted by molar-refractivity contribution is 0.00699. The Bertz CT molecular complexity index is 2200. The Morgan fingerprint density at radius 3 is 2.11 bits per heavy atom. The molecule has 1 aliphatic rings. The Balaban J connectivity index is 1.67. The second-order valence-corrected chi connectivity index (χ2v) is 21.2. The number of ether oxygens (including phenoxy) is 1. The molecule has 0 spiro atoms. The maximum Gasteiger partial charge on any atom is 0.407 e. The van der Waals surface area contributed by atoms with Crippen LogP contribution in [0.15, 0.2) is 48.5 Å². The molecular weight excluding hydrogens is 725 g/mol. The van der Waals surface area contributed by atoms with E-state index in [4.69, 9.17) is 9.16 Å². The molecule has 0 atom stereocenters. The molecule has 5 rings (SSSR count). The monoisotopic (exact) mass is 773 g/mol. The number of carboxylic acid groups (broad SMARTS) is 1. The number of esters is 1. The summed E-state index contributed by atoms with van der Waals surface area (Å²) in [6.45, 7) is 16.4. The second-order valence-electron chi connectivity index (χ2n) is 16.5. The quantitative estimate of drug-likeness (QED) is 0.139. The third kappa shape index (κ3) is 8.03. The molecular formula is C41H49F2N5O6Si. The molecule has 2 aromatic heterocycles. The third-order valence-electron chi connectivity index (χ3n) is 10.6. The van der Waals surface area contributed by atoms with Gasteiger partial charge in [0, 0.05) is 48.5 Å². The lowest BCUT2D eigenvalue weighted by Crippen LogP contribution is -2.43. The van der Waals surface area contributed by atoms with Gasteiger partial charge in [-0.15, -0.1) is 0 Å². The zero-order valence-corrected chi connectivity index (χ0v) is 34.3. The molecule has 0 unspecified atom stereocenters. The average molecular weight is 774 g/mol. The van der Waals surface area contributed by atoms with Crippen LogP contribution in [-0.4, -0.2) is 57.6 Å². The lowest BCUT2D eigenvalue weighted by Gasteiger charge is -2.36. The minimum absolute atomic E-state index is 0.0209. The van der Waals surface area contributed by atoms with Gasteiger partial charge in [-0.3, -0.25) is 14.3 Å². The number of fused-ring (bicyclic) bond motifs is 1. The van der Waals surface area contributed by atoms with Crippen LogP contribution in [0.4, 0.5) is 25.0 Å². The van der Waals surface area contributed by atoms with E-state index in [2.05, 4.69) is 33.9 Å². The summed E-state index contributed by atoms with van der Waals surface area (Å²) >= 11 is 0. The van der Waals surface area contributed by atoms with Crippen molar-refractivity contribution in [1.29, 1.82) is 5.26 Å². The number of hydrogen-bond donors (Lipinski definition) is 1. The number of nitrogens with zero attached hydrogens (tertiary/aromatic N) is 5. The smallest absolute Gasteiger partial charge is 0.407 e. The Morgan fingerprint density at radius 1 is 0.945 bits per heavy atom. The Morgan fingerprint density at radius 2 is 1.58 bits per heavy atom. The maximum atomic E-state index is 14.9. The molecule has 0 bridgehead atoms. The minimum atomic E-state index is -3.02. The number of anilines is 2. The minimum Gasteiger partial charge on any atom is -0.544 e.